The van der Waals surface area contributed by atoms with Crippen molar-refractivity contribution in [3.05, 3.63) is 65.7 Å². The van der Waals surface area contributed by atoms with Crippen molar-refractivity contribution in [3.63, 3.8) is 0 Å². The molecule has 0 spiro atoms. The van der Waals surface area contributed by atoms with Gasteiger partial charge in [0.2, 0.25) is 0 Å². The lowest BCUT2D eigenvalue weighted by atomic mass is 10.1. The summed E-state index contributed by atoms with van der Waals surface area (Å²) < 4.78 is 0. The number of nitrogens with one attached hydrogen (secondary N) is 1. The van der Waals surface area contributed by atoms with Crippen molar-refractivity contribution in [2.75, 3.05) is 5.43 Å². The van der Waals surface area contributed by atoms with Gasteiger partial charge >= 0.3 is 0 Å². The van der Waals surface area contributed by atoms with E-state index in [0.717, 1.165) is 18.5 Å². The molecule has 1 N–H and O–H groups in total. The zero-order valence-electron chi connectivity index (χ0n) is 9.56. The summed E-state index contributed by atoms with van der Waals surface area (Å²) in [5.41, 5.74) is 8.16. The summed E-state index contributed by atoms with van der Waals surface area (Å²) in [6.07, 6.45) is 1.94. The molecule has 2 aromatic carbocycles. The standard InChI is InChI=1S/C15H14N2/c1-2-8-14(9-3-1)16-17-15-10-12-6-4-5-7-13(12)11-15/h1-9,16H,10-11H2. The summed E-state index contributed by atoms with van der Waals surface area (Å²) in [5.74, 6) is 0. The minimum absolute atomic E-state index is 0.968. The lowest BCUT2D eigenvalue weighted by Gasteiger charge is -2.00. The Morgan fingerprint density at radius 3 is 2.00 bits per heavy atom. The second-order valence-electron chi connectivity index (χ2n) is 4.28. The first kappa shape index (κ1) is 10.1. The molecule has 0 saturated carbocycles. The van der Waals surface area contributed by atoms with Gasteiger partial charge in [0.1, 0.15) is 0 Å². The fourth-order valence-corrected chi connectivity index (χ4v) is 2.14. The van der Waals surface area contributed by atoms with Crippen molar-refractivity contribution >= 4 is 11.4 Å². The lowest BCUT2D eigenvalue weighted by molar-refractivity contribution is 1.26. The number of fused-ring (bicyclic) bond motifs is 1. The Hall–Kier alpha value is -2.09. The molecule has 0 bridgehead atoms. The van der Waals surface area contributed by atoms with Gasteiger partial charge in [-0.3, -0.25) is 5.43 Å². The molecule has 0 saturated heterocycles. The van der Waals surface area contributed by atoms with Gasteiger partial charge in [-0.25, -0.2) is 0 Å². The number of hydrazone groups is 1. The van der Waals surface area contributed by atoms with Crippen LogP contribution in [0.2, 0.25) is 0 Å². The van der Waals surface area contributed by atoms with Gasteiger partial charge in [-0.15, -0.1) is 0 Å². The van der Waals surface area contributed by atoms with Crippen LogP contribution in [-0.4, -0.2) is 5.71 Å². The molecule has 0 fully saturated rings. The largest absolute Gasteiger partial charge is 0.279 e. The number of hydrogen-bond acceptors (Lipinski definition) is 2. The Morgan fingerprint density at radius 1 is 0.765 bits per heavy atom. The average molecular weight is 222 g/mol. The first-order valence-electron chi connectivity index (χ1n) is 5.85. The van der Waals surface area contributed by atoms with Crippen LogP contribution in [0, 0.1) is 0 Å². The zero-order chi connectivity index (χ0) is 11.5. The van der Waals surface area contributed by atoms with Gasteiger partial charge < -0.3 is 0 Å². The average Bonchev–Trinajstić information content (AvgIpc) is 2.80. The topological polar surface area (TPSA) is 24.4 Å². The van der Waals surface area contributed by atoms with Crippen molar-refractivity contribution in [3.8, 4) is 0 Å². The predicted octanol–water partition coefficient (Wildman–Crippen LogP) is 3.25. The molecule has 17 heavy (non-hydrogen) atoms. The summed E-state index contributed by atoms with van der Waals surface area (Å²) in [5, 5.41) is 4.47. The zero-order valence-corrected chi connectivity index (χ0v) is 9.56. The number of hydrogen-bond donors (Lipinski definition) is 1. The summed E-state index contributed by atoms with van der Waals surface area (Å²) >= 11 is 0. The molecule has 1 aliphatic rings. The third-order valence-corrected chi connectivity index (χ3v) is 3.02. The van der Waals surface area contributed by atoms with E-state index < -0.39 is 0 Å². The normalized spacial score (nSPS) is 13.3. The van der Waals surface area contributed by atoms with Gasteiger partial charge in [0.05, 0.1) is 5.69 Å². The van der Waals surface area contributed by atoms with E-state index in [0.29, 0.717) is 0 Å². The predicted molar refractivity (Wildman–Crippen MR) is 71.3 cm³/mol. The molecule has 0 unspecified atom stereocenters. The van der Waals surface area contributed by atoms with Crippen LogP contribution in [0.4, 0.5) is 5.69 Å². The van der Waals surface area contributed by atoms with Crippen LogP contribution < -0.4 is 5.43 Å². The first-order chi connectivity index (χ1) is 8.42. The Bertz CT molecular complexity index is 517. The molecule has 84 valence electrons. The van der Waals surface area contributed by atoms with Crippen LogP contribution in [0.3, 0.4) is 0 Å². The maximum Gasteiger partial charge on any atom is 0.0561 e. The van der Waals surface area contributed by atoms with Crippen LogP contribution in [0.25, 0.3) is 0 Å². The highest BCUT2D eigenvalue weighted by Gasteiger charge is 2.15. The highest BCUT2D eigenvalue weighted by atomic mass is 15.3. The van der Waals surface area contributed by atoms with E-state index in [9.17, 15) is 0 Å². The molecule has 2 heteroatoms. The van der Waals surface area contributed by atoms with Crippen molar-refractivity contribution in [1.82, 2.24) is 0 Å². The molecule has 1 aliphatic carbocycles. The van der Waals surface area contributed by atoms with E-state index in [-0.39, 0.29) is 0 Å². The lowest BCUT2D eigenvalue weighted by Crippen LogP contribution is -2.01. The highest BCUT2D eigenvalue weighted by molar-refractivity contribution is 5.93. The fourth-order valence-electron chi connectivity index (χ4n) is 2.14. The molecular formula is C15H14N2. The van der Waals surface area contributed by atoms with Gasteiger partial charge in [-0.05, 0) is 23.3 Å². The number of rotatable bonds is 2. The van der Waals surface area contributed by atoms with Gasteiger partial charge in [-0.1, -0.05) is 42.5 Å². The van der Waals surface area contributed by atoms with Gasteiger partial charge in [-0.2, -0.15) is 5.10 Å². The van der Waals surface area contributed by atoms with E-state index in [4.69, 9.17) is 0 Å². The van der Waals surface area contributed by atoms with Crippen molar-refractivity contribution in [1.29, 1.82) is 0 Å². The minimum Gasteiger partial charge on any atom is -0.279 e. The third kappa shape index (κ3) is 2.21. The number of nitrogens with zero attached hydrogens (tertiary/aromatic N) is 1. The van der Waals surface area contributed by atoms with Gasteiger partial charge in [0.25, 0.3) is 0 Å². The summed E-state index contributed by atoms with van der Waals surface area (Å²) in [6, 6.07) is 18.6. The van der Waals surface area contributed by atoms with Crippen molar-refractivity contribution in [2.24, 2.45) is 5.10 Å². The number of para-hydroxylation sites is 1. The van der Waals surface area contributed by atoms with E-state index in [1.165, 1.54) is 16.8 Å². The quantitative estimate of drug-likeness (QED) is 0.775. The van der Waals surface area contributed by atoms with E-state index in [1.807, 2.05) is 30.3 Å². The SMILES string of the molecule is c1ccc(NN=C2Cc3ccccc3C2)cc1. The highest BCUT2D eigenvalue weighted by Crippen LogP contribution is 2.19. The summed E-state index contributed by atoms with van der Waals surface area (Å²) in [7, 11) is 0. The maximum atomic E-state index is 4.47. The Balaban J connectivity index is 1.73. The van der Waals surface area contributed by atoms with Crippen molar-refractivity contribution < 1.29 is 0 Å². The Labute approximate surface area is 101 Å². The van der Waals surface area contributed by atoms with E-state index >= 15 is 0 Å². The third-order valence-electron chi connectivity index (χ3n) is 3.02. The molecule has 2 aromatic rings. The van der Waals surface area contributed by atoms with Crippen LogP contribution in [0.5, 0.6) is 0 Å². The number of benzene rings is 2. The maximum absolute atomic E-state index is 4.47. The Morgan fingerprint density at radius 2 is 1.35 bits per heavy atom. The molecule has 0 aliphatic heterocycles. The second-order valence-corrected chi connectivity index (χ2v) is 4.28. The molecular weight excluding hydrogens is 208 g/mol. The van der Waals surface area contributed by atoms with E-state index in [2.05, 4.69) is 34.8 Å². The first-order valence-corrected chi connectivity index (χ1v) is 5.85. The fraction of sp³-hybridized carbons (Fsp3) is 0.133. The number of anilines is 1. The molecule has 0 atom stereocenters. The molecule has 2 nitrogen and oxygen atoms in total. The second kappa shape index (κ2) is 4.42. The molecule has 0 radical (unpaired) electrons. The van der Waals surface area contributed by atoms with Crippen LogP contribution in [0.1, 0.15) is 11.1 Å². The van der Waals surface area contributed by atoms with Gasteiger partial charge in [0, 0.05) is 18.6 Å². The molecule has 0 aromatic heterocycles. The smallest absolute Gasteiger partial charge is 0.0561 e. The Kier molecular flexibility index (Phi) is 2.62. The molecule has 3 rings (SSSR count). The van der Waals surface area contributed by atoms with Crippen LogP contribution in [0.15, 0.2) is 59.7 Å². The van der Waals surface area contributed by atoms with Crippen LogP contribution in [-0.2, 0) is 12.8 Å². The van der Waals surface area contributed by atoms with Gasteiger partial charge in [0.15, 0.2) is 0 Å². The van der Waals surface area contributed by atoms with E-state index in [1.54, 1.807) is 0 Å². The van der Waals surface area contributed by atoms with Crippen LogP contribution >= 0.6 is 0 Å². The molecule has 0 amide bonds. The monoisotopic (exact) mass is 222 g/mol. The van der Waals surface area contributed by atoms with Crippen molar-refractivity contribution in [2.45, 2.75) is 12.8 Å². The molecule has 0 heterocycles. The minimum atomic E-state index is 0.968. The summed E-state index contributed by atoms with van der Waals surface area (Å²) in [6.45, 7) is 0. The summed E-state index contributed by atoms with van der Waals surface area (Å²) in [4.78, 5) is 0.